The van der Waals surface area contributed by atoms with Crippen LogP contribution in [0.2, 0.25) is 0 Å². The smallest absolute Gasteiger partial charge is 0.328 e. The third kappa shape index (κ3) is 4.40. The molecule has 2 aromatic carbocycles. The van der Waals surface area contributed by atoms with E-state index in [1.54, 1.807) is 31.4 Å². The molecule has 162 valence electrons. The minimum absolute atomic E-state index is 0.0184. The Morgan fingerprint density at radius 3 is 2.61 bits per heavy atom. The quantitative estimate of drug-likeness (QED) is 0.686. The first-order valence-electron chi connectivity index (χ1n) is 10.7. The average Bonchev–Trinajstić information content (AvgIpc) is 3.05. The zero-order chi connectivity index (χ0) is 21.8. The van der Waals surface area contributed by atoms with Crippen molar-refractivity contribution in [3.8, 4) is 5.75 Å². The molecule has 0 spiro atoms. The van der Waals surface area contributed by atoms with Crippen molar-refractivity contribution in [2.45, 2.75) is 44.7 Å². The van der Waals surface area contributed by atoms with Crippen LogP contribution in [-0.4, -0.2) is 34.0 Å². The molecule has 0 saturated carbocycles. The van der Waals surface area contributed by atoms with Gasteiger partial charge in [0.2, 0.25) is 5.91 Å². The molecule has 7 heteroatoms. The number of benzene rings is 2. The lowest BCUT2D eigenvalue weighted by Gasteiger charge is -2.31. The van der Waals surface area contributed by atoms with Gasteiger partial charge in [-0.1, -0.05) is 37.1 Å². The number of methoxy groups -OCH3 is 1. The number of hydrogen-bond donors (Lipinski definition) is 1. The minimum Gasteiger partial charge on any atom is -0.497 e. The maximum atomic E-state index is 13.3. The number of hydrogen-bond acceptors (Lipinski definition) is 4. The summed E-state index contributed by atoms with van der Waals surface area (Å²) in [5.41, 5.74) is 0.753. The molecule has 1 aromatic heterocycles. The fourth-order valence-electron chi connectivity index (χ4n) is 4.39. The second kappa shape index (κ2) is 9.20. The molecule has 1 amide bonds. The SMILES string of the molecule is COc1ccc([C@H]2CCCCCN2C(=O)CCn2c(=O)[nH]c(=O)c3ccccc32)cc1. The van der Waals surface area contributed by atoms with Crippen molar-refractivity contribution in [1.29, 1.82) is 0 Å². The number of aryl methyl sites for hydroxylation is 1. The summed E-state index contributed by atoms with van der Waals surface area (Å²) in [7, 11) is 1.64. The lowest BCUT2D eigenvalue weighted by molar-refractivity contribution is -0.133. The second-order valence-electron chi connectivity index (χ2n) is 7.90. The van der Waals surface area contributed by atoms with Crippen LogP contribution >= 0.6 is 0 Å². The fourth-order valence-corrected chi connectivity index (χ4v) is 4.39. The van der Waals surface area contributed by atoms with E-state index in [1.165, 1.54) is 4.57 Å². The molecule has 1 aliphatic rings. The number of nitrogens with one attached hydrogen (secondary N) is 1. The van der Waals surface area contributed by atoms with E-state index in [0.29, 0.717) is 17.4 Å². The zero-order valence-electron chi connectivity index (χ0n) is 17.7. The van der Waals surface area contributed by atoms with Crippen molar-refractivity contribution in [2.75, 3.05) is 13.7 Å². The van der Waals surface area contributed by atoms with Gasteiger partial charge < -0.3 is 9.64 Å². The molecule has 0 bridgehead atoms. The van der Waals surface area contributed by atoms with Gasteiger partial charge >= 0.3 is 5.69 Å². The molecule has 1 aliphatic heterocycles. The van der Waals surface area contributed by atoms with Crippen molar-refractivity contribution in [3.63, 3.8) is 0 Å². The predicted molar refractivity (Wildman–Crippen MR) is 119 cm³/mol. The van der Waals surface area contributed by atoms with Crippen LogP contribution in [0.1, 0.15) is 43.7 Å². The Hall–Kier alpha value is -3.35. The van der Waals surface area contributed by atoms with Gasteiger partial charge in [-0.2, -0.15) is 0 Å². The minimum atomic E-state index is -0.487. The van der Waals surface area contributed by atoms with Crippen molar-refractivity contribution in [2.24, 2.45) is 0 Å². The number of rotatable bonds is 5. The predicted octanol–water partition coefficient (Wildman–Crippen LogP) is 3.23. The number of aromatic nitrogens is 2. The van der Waals surface area contributed by atoms with E-state index < -0.39 is 11.2 Å². The van der Waals surface area contributed by atoms with Gasteiger partial charge in [-0.05, 0) is 42.7 Å². The molecule has 3 aromatic rings. The zero-order valence-corrected chi connectivity index (χ0v) is 17.7. The normalized spacial score (nSPS) is 16.8. The number of nitrogens with zero attached hydrogens (tertiary/aromatic N) is 2. The van der Waals surface area contributed by atoms with Crippen molar-refractivity contribution < 1.29 is 9.53 Å². The first-order valence-corrected chi connectivity index (χ1v) is 10.7. The summed E-state index contributed by atoms with van der Waals surface area (Å²) in [6.07, 6.45) is 4.26. The molecule has 7 nitrogen and oxygen atoms in total. The molecule has 1 atom stereocenters. The molecule has 0 radical (unpaired) electrons. The molecular formula is C24H27N3O4. The highest BCUT2D eigenvalue weighted by molar-refractivity contribution is 5.79. The molecule has 31 heavy (non-hydrogen) atoms. The Morgan fingerprint density at radius 1 is 1.06 bits per heavy atom. The van der Waals surface area contributed by atoms with Crippen molar-refractivity contribution >= 4 is 16.8 Å². The molecule has 4 rings (SSSR count). The van der Waals surface area contributed by atoms with Crippen LogP contribution in [0.4, 0.5) is 0 Å². The van der Waals surface area contributed by atoms with Gasteiger partial charge in [-0.3, -0.25) is 19.1 Å². The highest BCUT2D eigenvalue weighted by Gasteiger charge is 2.26. The number of amides is 1. The number of aromatic amines is 1. The van der Waals surface area contributed by atoms with E-state index in [-0.39, 0.29) is 24.9 Å². The summed E-state index contributed by atoms with van der Waals surface area (Å²) in [6.45, 7) is 0.928. The number of likely N-dealkylation sites (tertiary alicyclic amines) is 1. The molecular weight excluding hydrogens is 394 g/mol. The van der Waals surface area contributed by atoms with E-state index in [4.69, 9.17) is 4.74 Å². The molecule has 1 saturated heterocycles. The third-order valence-corrected chi connectivity index (χ3v) is 6.03. The van der Waals surface area contributed by atoms with Crippen LogP contribution in [0, 0.1) is 0 Å². The highest BCUT2D eigenvalue weighted by Crippen LogP contribution is 2.31. The van der Waals surface area contributed by atoms with Crippen LogP contribution in [0.15, 0.2) is 58.1 Å². The van der Waals surface area contributed by atoms with Gasteiger partial charge in [0.05, 0.1) is 24.1 Å². The standard InChI is InChI=1S/C24H27N3O4/c1-31-18-12-10-17(11-13-18)20-8-3-2-6-15-26(20)22(28)14-16-27-21-9-5-4-7-19(21)23(29)25-24(27)30/h4-5,7,9-13,20H,2-3,6,8,14-16H2,1H3,(H,25,29,30)/t20-/m1/s1. The van der Waals surface area contributed by atoms with E-state index >= 15 is 0 Å². The lowest BCUT2D eigenvalue weighted by Crippen LogP contribution is -2.37. The van der Waals surface area contributed by atoms with Crippen LogP contribution in [-0.2, 0) is 11.3 Å². The summed E-state index contributed by atoms with van der Waals surface area (Å²) in [6, 6.07) is 14.9. The van der Waals surface area contributed by atoms with Crippen LogP contribution in [0.3, 0.4) is 0 Å². The van der Waals surface area contributed by atoms with Crippen LogP contribution < -0.4 is 16.0 Å². The number of carbonyl (C=O) groups excluding carboxylic acids is 1. The van der Waals surface area contributed by atoms with Gasteiger partial charge in [-0.15, -0.1) is 0 Å². The summed E-state index contributed by atoms with van der Waals surface area (Å²) in [4.78, 5) is 42.0. The van der Waals surface area contributed by atoms with E-state index in [9.17, 15) is 14.4 Å². The van der Waals surface area contributed by atoms with Crippen molar-refractivity contribution in [1.82, 2.24) is 14.5 Å². The van der Waals surface area contributed by atoms with E-state index in [2.05, 4.69) is 4.98 Å². The van der Waals surface area contributed by atoms with Crippen LogP contribution in [0.5, 0.6) is 5.75 Å². The van der Waals surface area contributed by atoms with Crippen molar-refractivity contribution in [3.05, 3.63) is 74.9 Å². The molecule has 0 aliphatic carbocycles. The van der Waals surface area contributed by atoms with E-state index in [1.807, 2.05) is 29.2 Å². The number of para-hydroxylation sites is 1. The topological polar surface area (TPSA) is 84.4 Å². The number of carbonyl (C=O) groups is 1. The van der Waals surface area contributed by atoms with Gasteiger partial charge in [0.1, 0.15) is 5.75 Å². The Labute approximate surface area is 180 Å². The highest BCUT2D eigenvalue weighted by atomic mass is 16.5. The second-order valence-corrected chi connectivity index (χ2v) is 7.90. The first-order chi connectivity index (χ1) is 15.1. The van der Waals surface area contributed by atoms with E-state index in [0.717, 1.165) is 37.0 Å². The van der Waals surface area contributed by atoms with Gasteiger partial charge in [0.25, 0.3) is 5.56 Å². The fraction of sp³-hybridized carbons (Fsp3) is 0.375. The summed E-state index contributed by atoms with van der Waals surface area (Å²) >= 11 is 0. The summed E-state index contributed by atoms with van der Waals surface area (Å²) in [5.74, 6) is 0.810. The van der Waals surface area contributed by atoms with Crippen LogP contribution in [0.25, 0.3) is 10.9 Å². The Kier molecular flexibility index (Phi) is 6.21. The largest absolute Gasteiger partial charge is 0.497 e. The monoisotopic (exact) mass is 421 g/mol. The third-order valence-electron chi connectivity index (χ3n) is 6.03. The average molecular weight is 421 g/mol. The Morgan fingerprint density at radius 2 is 1.84 bits per heavy atom. The summed E-state index contributed by atoms with van der Waals surface area (Å²) in [5, 5.41) is 0.445. The van der Waals surface area contributed by atoms with Gasteiger partial charge in [0.15, 0.2) is 0 Å². The number of H-pyrrole nitrogens is 1. The lowest BCUT2D eigenvalue weighted by atomic mass is 10.0. The number of ether oxygens (including phenoxy) is 1. The maximum Gasteiger partial charge on any atom is 0.328 e. The maximum absolute atomic E-state index is 13.3. The first kappa shape index (κ1) is 20.9. The molecule has 1 fully saturated rings. The molecule has 1 N–H and O–H groups in total. The molecule has 0 unspecified atom stereocenters. The van der Waals surface area contributed by atoms with Gasteiger partial charge in [-0.25, -0.2) is 4.79 Å². The Bertz CT molecular complexity index is 1180. The molecule has 2 heterocycles. The number of fused-ring (bicyclic) bond motifs is 1. The Balaban J connectivity index is 1.57. The summed E-state index contributed by atoms with van der Waals surface area (Å²) < 4.78 is 6.74. The van der Waals surface area contributed by atoms with Gasteiger partial charge in [0, 0.05) is 19.5 Å².